The Morgan fingerprint density at radius 3 is 2.51 bits per heavy atom. The van der Waals surface area contributed by atoms with Crippen molar-refractivity contribution in [3.8, 4) is 16.9 Å². The molecule has 59 heavy (non-hydrogen) atoms. The van der Waals surface area contributed by atoms with Gasteiger partial charge in [0, 0.05) is 79.8 Å². The lowest BCUT2D eigenvalue weighted by Gasteiger charge is -2.39. The first-order chi connectivity index (χ1) is 28.4. The first-order valence-electron chi connectivity index (χ1n) is 19.9. The van der Waals surface area contributed by atoms with Gasteiger partial charge in [-0.2, -0.15) is 5.10 Å². The number of carbonyl (C=O) groups excluding carboxylic acids is 4. The van der Waals surface area contributed by atoms with E-state index in [9.17, 15) is 23.6 Å². The number of piperidine rings is 1. The molecule has 0 spiro atoms. The number of rotatable bonds is 11. The summed E-state index contributed by atoms with van der Waals surface area (Å²) in [5, 5.41) is 7.19. The number of carbonyl (C=O) groups is 4. The SMILES string of the molecule is C[C@@H](Oc1cc(-c2cnn(C3CCC(CN4CCN(c5cc6c(cc5F)CN(C5CCC(=O)NC5=O)C6C(=O)C=O)CC4)CC3)c2)cnc1N)c1c(Cl)ccc(F)c1Cl. The first-order valence-corrected chi connectivity index (χ1v) is 20.6. The van der Waals surface area contributed by atoms with Gasteiger partial charge in [-0.05, 0) is 86.4 Å². The number of nitrogen functional groups attached to an aromatic ring is 1. The lowest BCUT2D eigenvalue weighted by atomic mass is 9.85. The zero-order valence-corrected chi connectivity index (χ0v) is 33.9. The Balaban J connectivity index is 0.849. The highest BCUT2D eigenvalue weighted by atomic mass is 35.5. The molecule has 2 unspecified atom stereocenters. The monoisotopic (exact) mass is 848 g/mol. The van der Waals surface area contributed by atoms with Crippen LogP contribution in [0.25, 0.3) is 11.1 Å². The Morgan fingerprint density at radius 2 is 1.78 bits per heavy atom. The molecular formula is C42H44Cl2F2N8O5. The summed E-state index contributed by atoms with van der Waals surface area (Å²) in [6.07, 6.45) is 9.40. The lowest BCUT2D eigenvalue weighted by Crippen LogP contribution is -2.52. The van der Waals surface area contributed by atoms with E-state index in [-0.39, 0.29) is 53.5 Å². The molecule has 3 aliphatic heterocycles. The van der Waals surface area contributed by atoms with Crippen molar-refractivity contribution >= 4 is 58.6 Å². The van der Waals surface area contributed by atoms with Crippen molar-refractivity contribution in [2.24, 2.45) is 5.92 Å². The van der Waals surface area contributed by atoms with Gasteiger partial charge in [0.1, 0.15) is 23.8 Å². The maximum Gasteiger partial charge on any atom is 0.243 e. The number of hydrogen-bond acceptors (Lipinski definition) is 11. The highest BCUT2D eigenvalue weighted by Crippen LogP contribution is 2.42. The van der Waals surface area contributed by atoms with Crippen molar-refractivity contribution in [1.29, 1.82) is 0 Å². The van der Waals surface area contributed by atoms with Crippen molar-refractivity contribution in [3.63, 3.8) is 0 Å². The molecular weight excluding hydrogens is 805 g/mol. The molecule has 2 saturated heterocycles. The van der Waals surface area contributed by atoms with Gasteiger partial charge in [-0.15, -0.1) is 0 Å². The number of aldehydes is 1. The van der Waals surface area contributed by atoms with Crippen LogP contribution in [0.3, 0.4) is 0 Å². The summed E-state index contributed by atoms with van der Waals surface area (Å²) >= 11 is 12.5. The van der Waals surface area contributed by atoms with Crippen LogP contribution in [0, 0.1) is 17.6 Å². The second-order valence-electron chi connectivity index (χ2n) is 15.9. The van der Waals surface area contributed by atoms with E-state index >= 15 is 4.39 Å². The summed E-state index contributed by atoms with van der Waals surface area (Å²) in [6.45, 7) is 5.48. The molecule has 310 valence electrons. The van der Waals surface area contributed by atoms with Crippen molar-refractivity contribution in [2.75, 3.05) is 43.4 Å². The Hall–Kier alpha value is -4.96. The second-order valence-corrected chi connectivity index (χ2v) is 16.6. The molecule has 8 rings (SSSR count). The number of ketones is 1. The summed E-state index contributed by atoms with van der Waals surface area (Å²) in [5.41, 5.74) is 9.56. The molecule has 5 heterocycles. The van der Waals surface area contributed by atoms with Crippen LogP contribution in [0.2, 0.25) is 10.0 Å². The molecule has 0 radical (unpaired) electrons. The number of imide groups is 1. The number of ether oxygens (including phenoxy) is 1. The number of anilines is 2. The van der Waals surface area contributed by atoms with Crippen LogP contribution >= 0.6 is 23.2 Å². The third kappa shape index (κ3) is 8.30. The number of nitrogens with one attached hydrogen (secondary N) is 1. The Morgan fingerprint density at radius 1 is 1.02 bits per heavy atom. The number of amides is 2. The lowest BCUT2D eigenvalue weighted by molar-refractivity contribution is -0.141. The van der Waals surface area contributed by atoms with E-state index in [1.54, 1.807) is 36.4 Å². The molecule has 1 saturated carbocycles. The van der Waals surface area contributed by atoms with Gasteiger partial charge in [0.2, 0.25) is 17.6 Å². The molecule has 3 atom stereocenters. The van der Waals surface area contributed by atoms with E-state index in [2.05, 4.69) is 15.2 Å². The van der Waals surface area contributed by atoms with Crippen molar-refractivity contribution in [3.05, 3.63) is 87.3 Å². The molecule has 2 amide bonds. The van der Waals surface area contributed by atoms with Crippen LogP contribution in [0.1, 0.15) is 80.3 Å². The predicted octanol–water partition coefficient (Wildman–Crippen LogP) is 6.24. The third-order valence-corrected chi connectivity index (χ3v) is 12.9. The normalized spacial score (nSPS) is 23.2. The predicted molar refractivity (Wildman–Crippen MR) is 217 cm³/mol. The number of hydrogen-bond donors (Lipinski definition) is 2. The van der Waals surface area contributed by atoms with Gasteiger partial charge >= 0.3 is 0 Å². The molecule has 0 bridgehead atoms. The van der Waals surface area contributed by atoms with Gasteiger partial charge in [-0.25, -0.2) is 13.8 Å². The van der Waals surface area contributed by atoms with Crippen LogP contribution in [0.15, 0.2) is 48.9 Å². The third-order valence-electron chi connectivity index (χ3n) is 12.2. The average molecular weight is 850 g/mol. The molecule has 3 fully saturated rings. The summed E-state index contributed by atoms with van der Waals surface area (Å²) in [4.78, 5) is 59.4. The molecule has 1 aliphatic carbocycles. The van der Waals surface area contributed by atoms with E-state index in [4.69, 9.17) is 38.8 Å². The van der Waals surface area contributed by atoms with Gasteiger partial charge in [0.05, 0.1) is 29.0 Å². The van der Waals surface area contributed by atoms with Crippen LogP contribution in [-0.4, -0.2) is 87.2 Å². The fourth-order valence-electron chi connectivity index (χ4n) is 9.08. The minimum absolute atomic E-state index is 0.107. The number of Topliss-reactive ketones (excluding diaryl/α,β-unsaturated/α-hetero) is 1. The molecule has 17 heteroatoms. The maximum absolute atomic E-state index is 15.7. The zero-order chi connectivity index (χ0) is 41.5. The molecule has 3 N–H and O–H groups in total. The van der Waals surface area contributed by atoms with Crippen molar-refractivity contribution in [1.82, 2.24) is 29.9 Å². The molecule has 13 nitrogen and oxygen atoms in total. The number of nitrogens with zero attached hydrogens (tertiary/aromatic N) is 6. The zero-order valence-electron chi connectivity index (χ0n) is 32.4. The first kappa shape index (κ1) is 40.8. The summed E-state index contributed by atoms with van der Waals surface area (Å²) in [6, 6.07) is 5.95. The van der Waals surface area contributed by atoms with Crippen LogP contribution in [0.5, 0.6) is 5.75 Å². The number of benzene rings is 2. The van der Waals surface area contributed by atoms with E-state index in [0.717, 1.165) is 56.4 Å². The number of aromatic nitrogens is 3. The summed E-state index contributed by atoms with van der Waals surface area (Å²) in [7, 11) is 0. The van der Waals surface area contributed by atoms with E-state index in [1.165, 1.54) is 18.2 Å². The number of fused-ring (bicyclic) bond motifs is 1. The quantitative estimate of drug-likeness (QED) is 0.0764. The Labute approximate surface area is 349 Å². The fraction of sp³-hybridized carbons (Fsp3) is 0.429. The summed E-state index contributed by atoms with van der Waals surface area (Å²) in [5.74, 6) is -1.59. The largest absolute Gasteiger partial charge is 0.482 e. The molecule has 4 aliphatic rings. The standard InChI is InChI=1S/C42H44Cl2F2N8O5/c1-23(38-30(43)6-7-31(45)39(38)44)59-36-15-25(17-48-41(36)47)27-18-49-54(21-27)28-4-2-24(3-5-28)19-51-10-12-52(13-11-51)34-16-29-26(14-32(34)46)20-53(40(29)35(56)22-55)33-8-9-37(57)50-42(33)58/h6-7,14-18,21-24,28,33,40H,2-5,8-13,19-20H2,1H3,(H2,47,48)(H,50,57,58)/t23-,24?,28?,33?,40?/m1/s1. The fourth-order valence-corrected chi connectivity index (χ4v) is 9.75. The van der Waals surface area contributed by atoms with Crippen molar-refractivity contribution in [2.45, 2.75) is 76.2 Å². The van der Waals surface area contributed by atoms with Crippen molar-refractivity contribution < 1.29 is 32.7 Å². The second kappa shape index (κ2) is 17.0. The topological polar surface area (TPSA) is 156 Å². The number of nitrogens with two attached hydrogens (primary N) is 1. The highest BCUT2D eigenvalue weighted by Gasteiger charge is 2.44. The van der Waals surface area contributed by atoms with Gasteiger partial charge in [0.15, 0.2) is 17.9 Å². The molecule has 4 aromatic rings. The van der Waals surface area contributed by atoms with Crippen LogP contribution in [0.4, 0.5) is 20.3 Å². The highest BCUT2D eigenvalue weighted by molar-refractivity contribution is 6.36. The van der Waals surface area contributed by atoms with Gasteiger partial charge in [-0.1, -0.05) is 23.2 Å². The Bertz CT molecular complexity index is 2290. The van der Waals surface area contributed by atoms with E-state index < -0.39 is 41.5 Å². The van der Waals surface area contributed by atoms with Crippen LogP contribution in [-0.2, 0) is 25.7 Å². The van der Waals surface area contributed by atoms with E-state index in [1.807, 2.05) is 15.8 Å². The maximum atomic E-state index is 15.7. The number of piperazine rings is 1. The van der Waals surface area contributed by atoms with Gasteiger partial charge in [0.25, 0.3) is 0 Å². The van der Waals surface area contributed by atoms with Gasteiger partial charge < -0.3 is 15.4 Å². The minimum Gasteiger partial charge on any atom is -0.482 e. The molecule has 2 aromatic carbocycles. The van der Waals surface area contributed by atoms with Gasteiger partial charge in [-0.3, -0.25) is 39.0 Å². The average Bonchev–Trinajstić information content (AvgIpc) is 3.86. The number of halogens is 4. The minimum atomic E-state index is -1.01. The molecule has 2 aromatic heterocycles. The number of pyridine rings is 1. The summed E-state index contributed by atoms with van der Waals surface area (Å²) < 4.78 is 37.9. The smallest absolute Gasteiger partial charge is 0.243 e. The van der Waals surface area contributed by atoms with Crippen LogP contribution < -0.4 is 20.7 Å². The Kier molecular flexibility index (Phi) is 11.7. The van der Waals surface area contributed by atoms with E-state index in [0.29, 0.717) is 47.1 Å².